The lowest BCUT2D eigenvalue weighted by Gasteiger charge is -2.33. The highest BCUT2D eigenvalue weighted by Crippen LogP contribution is 2.58. The van der Waals surface area contributed by atoms with E-state index in [1.54, 1.807) is 17.4 Å². The minimum atomic E-state index is -1.22. The second-order valence-corrected chi connectivity index (χ2v) is 20.7. The summed E-state index contributed by atoms with van der Waals surface area (Å²) in [6.07, 6.45) is 5.32. The fourth-order valence-corrected chi connectivity index (χ4v) is 13.7. The van der Waals surface area contributed by atoms with Gasteiger partial charge in [0.15, 0.2) is 0 Å². The zero-order chi connectivity index (χ0) is 48.9. The average molecular weight is 960 g/mol. The number of fused-ring (bicyclic) bond motifs is 6. The summed E-state index contributed by atoms with van der Waals surface area (Å²) in [7, 11) is 0. The number of nitrogens with zero attached hydrogens (tertiary/aromatic N) is 3. The first-order chi connectivity index (χ1) is 34.7. The molecule has 0 fully saturated rings. The summed E-state index contributed by atoms with van der Waals surface area (Å²) < 4.78 is 0. The van der Waals surface area contributed by atoms with Crippen molar-refractivity contribution in [2.75, 3.05) is 9.80 Å². The van der Waals surface area contributed by atoms with Crippen molar-refractivity contribution in [1.82, 2.24) is 0 Å². The number of rotatable bonds is 14. The Hall–Kier alpha value is -7.76. The summed E-state index contributed by atoms with van der Waals surface area (Å²) in [6.45, 7) is 9.38. The van der Waals surface area contributed by atoms with Gasteiger partial charge in [0, 0.05) is 64.5 Å². The Kier molecular flexibility index (Phi) is 11.9. The normalized spacial score (nSPS) is 13.7. The van der Waals surface area contributed by atoms with Crippen LogP contribution in [0.25, 0.3) is 48.5 Å². The van der Waals surface area contributed by atoms with E-state index in [0.717, 1.165) is 74.4 Å². The number of anilines is 6. The van der Waals surface area contributed by atoms with E-state index < -0.39 is 5.97 Å². The van der Waals surface area contributed by atoms with E-state index in [9.17, 15) is 15.2 Å². The standard InChI is InChI=1S/C64H53N3O2S2/c1-5-63(6-2)55-37-42(59-34-35-61(71-59)60-33-28-50(70-60)36-43(41-65)62(68)69)24-29-51(55)52-31-26-48(39-56(52)63)67(46-22-16-11-17-23-46)49-27-32-54-53-30-25-47(38-57(53)64(7-3,8-4)58(54)40-49)66(44-18-12-9-13-19-44)45-20-14-10-15-21-45/h9-40H,5-8H2,1-4H3,(H,68,69)/b43-36+. The molecule has 71 heavy (non-hydrogen) atoms. The number of para-hydroxylation sites is 3. The van der Waals surface area contributed by atoms with Gasteiger partial charge in [-0.05, 0) is 185 Å². The van der Waals surface area contributed by atoms with E-state index in [-0.39, 0.29) is 16.4 Å². The molecule has 0 bridgehead atoms. The highest BCUT2D eigenvalue weighted by Gasteiger charge is 2.43. The molecule has 2 aliphatic carbocycles. The second kappa shape index (κ2) is 18.5. The Labute approximate surface area is 424 Å². The molecule has 7 aromatic carbocycles. The van der Waals surface area contributed by atoms with Crippen LogP contribution in [-0.2, 0) is 15.6 Å². The van der Waals surface area contributed by atoms with Gasteiger partial charge in [-0.15, -0.1) is 22.7 Å². The molecule has 0 amide bonds. The van der Waals surface area contributed by atoms with Crippen LogP contribution >= 0.6 is 22.7 Å². The molecular weight excluding hydrogens is 907 g/mol. The van der Waals surface area contributed by atoms with E-state index in [1.165, 1.54) is 72.4 Å². The molecule has 7 heteroatoms. The Morgan fingerprint density at radius 1 is 0.479 bits per heavy atom. The smallest absolute Gasteiger partial charge is 0.346 e. The van der Waals surface area contributed by atoms with Crippen LogP contribution in [0.5, 0.6) is 0 Å². The van der Waals surface area contributed by atoms with E-state index in [1.807, 2.05) is 12.1 Å². The predicted molar refractivity (Wildman–Crippen MR) is 297 cm³/mol. The third-order valence-corrected chi connectivity index (χ3v) is 17.7. The quantitative estimate of drug-likeness (QED) is 0.0869. The highest BCUT2D eigenvalue weighted by molar-refractivity contribution is 7.24. The van der Waals surface area contributed by atoms with Gasteiger partial charge < -0.3 is 14.9 Å². The van der Waals surface area contributed by atoms with Crippen molar-refractivity contribution in [2.24, 2.45) is 0 Å². The molecule has 0 unspecified atom stereocenters. The molecule has 2 aliphatic rings. The SMILES string of the molecule is CCC1(CC)c2cc(-c3ccc(-c4ccc(/C=C(\C#N)C(=O)O)s4)s3)ccc2-c2ccc(N(c3ccccc3)c3ccc4c(c3)C(CC)(CC)c3cc(N(c5ccccc5)c5ccccc5)ccc3-4)cc21. The zero-order valence-electron chi connectivity index (χ0n) is 40.3. The molecule has 0 saturated carbocycles. The molecule has 2 aromatic heterocycles. The van der Waals surface area contributed by atoms with Crippen LogP contribution in [0.15, 0.2) is 194 Å². The maximum atomic E-state index is 11.5. The number of nitriles is 1. The van der Waals surface area contributed by atoms with E-state index in [4.69, 9.17) is 0 Å². The van der Waals surface area contributed by atoms with E-state index >= 15 is 0 Å². The molecule has 348 valence electrons. The van der Waals surface area contributed by atoms with Crippen molar-refractivity contribution in [3.8, 4) is 48.5 Å². The molecule has 0 radical (unpaired) electrons. The van der Waals surface area contributed by atoms with Crippen molar-refractivity contribution >= 4 is 68.8 Å². The van der Waals surface area contributed by atoms with E-state index in [0.29, 0.717) is 0 Å². The molecule has 0 spiro atoms. The summed E-state index contributed by atoms with van der Waals surface area (Å²) in [5, 5.41) is 18.7. The maximum Gasteiger partial charge on any atom is 0.346 e. The number of thiophene rings is 2. The van der Waals surface area contributed by atoms with Gasteiger partial charge in [0.2, 0.25) is 0 Å². The molecule has 0 aliphatic heterocycles. The molecule has 9 aromatic rings. The van der Waals surface area contributed by atoms with Crippen LogP contribution in [-0.4, -0.2) is 11.1 Å². The van der Waals surface area contributed by atoms with Gasteiger partial charge in [0.05, 0.1) is 0 Å². The van der Waals surface area contributed by atoms with Crippen molar-refractivity contribution < 1.29 is 9.90 Å². The van der Waals surface area contributed by atoms with Gasteiger partial charge in [-0.1, -0.05) is 113 Å². The fourth-order valence-electron chi connectivity index (χ4n) is 11.6. The minimum Gasteiger partial charge on any atom is -0.477 e. The Bertz CT molecular complexity index is 3500. The van der Waals surface area contributed by atoms with Gasteiger partial charge in [-0.2, -0.15) is 5.26 Å². The number of carboxylic acids is 1. The summed E-state index contributed by atoms with van der Waals surface area (Å²) >= 11 is 3.23. The Morgan fingerprint density at radius 2 is 0.859 bits per heavy atom. The minimum absolute atomic E-state index is 0.174. The fraction of sp³-hybridized carbons (Fsp3) is 0.156. The first-order valence-electron chi connectivity index (χ1n) is 24.6. The number of carbonyl (C=O) groups is 1. The third kappa shape index (κ3) is 7.61. The lowest BCUT2D eigenvalue weighted by Crippen LogP contribution is -2.24. The number of aliphatic carboxylic acids is 1. The number of carboxylic acid groups (broad SMARTS) is 1. The van der Waals surface area contributed by atoms with Crippen molar-refractivity contribution in [2.45, 2.75) is 64.2 Å². The first kappa shape index (κ1) is 45.7. The predicted octanol–water partition coefficient (Wildman–Crippen LogP) is 18.2. The summed E-state index contributed by atoms with van der Waals surface area (Å²) in [4.78, 5) is 20.4. The van der Waals surface area contributed by atoms with Gasteiger partial charge in [0.1, 0.15) is 11.6 Å². The van der Waals surface area contributed by atoms with Crippen LogP contribution < -0.4 is 9.80 Å². The lowest BCUT2D eigenvalue weighted by molar-refractivity contribution is -0.132. The van der Waals surface area contributed by atoms with Crippen LogP contribution in [0.3, 0.4) is 0 Å². The lowest BCUT2D eigenvalue weighted by atomic mass is 9.73. The number of hydrogen-bond donors (Lipinski definition) is 1. The molecule has 1 N–H and O–H groups in total. The van der Waals surface area contributed by atoms with Crippen molar-refractivity contribution in [1.29, 1.82) is 5.26 Å². The summed E-state index contributed by atoms with van der Waals surface area (Å²) in [5.41, 5.74) is 18.2. The molecule has 2 heterocycles. The van der Waals surface area contributed by atoms with Gasteiger partial charge in [-0.3, -0.25) is 0 Å². The van der Waals surface area contributed by atoms with Crippen LogP contribution in [0, 0.1) is 11.3 Å². The van der Waals surface area contributed by atoms with Gasteiger partial charge in [-0.25, -0.2) is 4.79 Å². The molecule has 0 saturated heterocycles. The average Bonchev–Trinajstić information content (AvgIpc) is 4.21. The van der Waals surface area contributed by atoms with Crippen LogP contribution in [0.2, 0.25) is 0 Å². The van der Waals surface area contributed by atoms with Crippen molar-refractivity contribution in [3.63, 3.8) is 0 Å². The van der Waals surface area contributed by atoms with Crippen LogP contribution in [0.4, 0.5) is 34.1 Å². The van der Waals surface area contributed by atoms with E-state index in [2.05, 4.69) is 213 Å². The highest BCUT2D eigenvalue weighted by atomic mass is 32.1. The first-order valence-corrected chi connectivity index (χ1v) is 26.3. The molecule has 0 atom stereocenters. The Morgan fingerprint density at radius 3 is 1.28 bits per heavy atom. The number of hydrogen-bond acceptors (Lipinski definition) is 6. The van der Waals surface area contributed by atoms with Gasteiger partial charge in [0.25, 0.3) is 0 Å². The molecule has 5 nitrogen and oxygen atoms in total. The third-order valence-electron chi connectivity index (χ3n) is 15.3. The zero-order valence-corrected chi connectivity index (χ0v) is 42.0. The molecule has 11 rings (SSSR count). The number of benzene rings is 7. The second-order valence-electron chi connectivity index (χ2n) is 18.5. The van der Waals surface area contributed by atoms with Crippen LogP contribution in [0.1, 0.15) is 80.5 Å². The topological polar surface area (TPSA) is 67.6 Å². The molecular formula is C64H53N3O2S2. The largest absolute Gasteiger partial charge is 0.477 e. The Balaban J connectivity index is 0.968. The van der Waals surface area contributed by atoms with Crippen molar-refractivity contribution in [3.05, 3.63) is 221 Å². The van der Waals surface area contributed by atoms with Gasteiger partial charge >= 0.3 is 5.97 Å². The summed E-state index contributed by atoms with van der Waals surface area (Å²) in [5.74, 6) is -1.22. The summed E-state index contributed by atoms with van der Waals surface area (Å²) in [6, 6.07) is 70.7. The maximum absolute atomic E-state index is 11.5. The monoisotopic (exact) mass is 959 g/mol.